The Labute approximate surface area is 111 Å². The van der Waals surface area contributed by atoms with E-state index in [-0.39, 0.29) is 26.0 Å². The van der Waals surface area contributed by atoms with Crippen molar-refractivity contribution >= 4 is 5.91 Å². The van der Waals surface area contributed by atoms with Crippen molar-refractivity contribution in [3.05, 3.63) is 0 Å². The molecule has 1 N–H and O–H groups in total. The first-order valence-electron chi connectivity index (χ1n) is 6.13. The topological polar surface area (TPSA) is 40.5 Å². The Bertz CT molecular complexity index is 327. The largest absolute Gasteiger partial charge is 0.409 e. The van der Waals surface area contributed by atoms with Crippen LogP contribution in [0.3, 0.4) is 0 Å². The lowest BCUT2D eigenvalue weighted by Crippen LogP contribution is -2.50. The summed E-state index contributed by atoms with van der Waals surface area (Å²) in [6.07, 6.45) is -10.2. The molecule has 0 aromatic rings. The van der Waals surface area contributed by atoms with Gasteiger partial charge in [-0.3, -0.25) is 4.79 Å². The molecule has 118 valence electrons. The highest BCUT2D eigenvalue weighted by molar-refractivity contribution is 5.81. The average molecular weight is 307 g/mol. The molecule has 0 aromatic heterocycles. The van der Waals surface area contributed by atoms with Gasteiger partial charge >= 0.3 is 12.4 Å². The number of amides is 1. The molecule has 0 spiro atoms. The van der Waals surface area contributed by atoms with Gasteiger partial charge in [0.25, 0.3) is 0 Å². The number of carbonyl (C=O) groups excluding carboxylic acids is 1. The van der Waals surface area contributed by atoms with Gasteiger partial charge in [0.1, 0.15) is 0 Å². The van der Waals surface area contributed by atoms with Crippen LogP contribution in [-0.4, -0.2) is 47.5 Å². The van der Waals surface area contributed by atoms with Crippen molar-refractivity contribution < 1.29 is 36.2 Å². The second kappa shape index (κ2) is 6.19. The van der Waals surface area contributed by atoms with E-state index in [1.807, 2.05) is 0 Å². The summed E-state index contributed by atoms with van der Waals surface area (Å²) in [5, 5.41) is 8.66. The van der Waals surface area contributed by atoms with Crippen molar-refractivity contribution in [2.75, 3.05) is 13.2 Å². The van der Waals surface area contributed by atoms with E-state index >= 15 is 0 Å². The van der Waals surface area contributed by atoms with Crippen LogP contribution in [0.25, 0.3) is 0 Å². The first-order chi connectivity index (χ1) is 9.09. The van der Waals surface area contributed by atoms with Crippen LogP contribution in [0.2, 0.25) is 0 Å². The number of alkyl halides is 6. The lowest BCUT2D eigenvalue weighted by atomic mass is 10.0. The highest BCUT2D eigenvalue weighted by atomic mass is 19.4. The summed E-state index contributed by atoms with van der Waals surface area (Å²) in [5.41, 5.74) is 0. The smallest absolute Gasteiger partial charge is 0.396 e. The van der Waals surface area contributed by atoms with E-state index in [9.17, 15) is 31.1 Å². The second-order valence-corrected chi connectivity index (χ2v) is 4.71. The molecular formula is C11H15F6NO2. The van der Waals surface area contributed by atoms with Gasteiger partial charge in [0.05, 0.1) is 0 Å². The minimum absolute atomic E-state index is 0.114. The summed E-state index contributed by atoms with van der Waals surface area (Å²) in [5.74, 6) is -5.91. The Morgan fingerprint density at radius 3 is 2.20 bits per heavy atom. The molecule has 1 fully saturated rings. The van der Waals surface area contributed by atoms with Gasteiger partial charge in [0.2, 0.25) is 11.8 Å². The molecule has 1 saturated heterocycles. The highest BCUT2D eigenvalue weighted by Crippen LogP contribution is 2.41. The molecule has 1 aliphatic heterocycles. The van der Waals surface area contributed by atoms with Gasteiger partial charge in [0.15, 0.2) is 0 Å². The molecule has 1 amide bonds. The SMILES string of the molecule is O=C(C(C(F)(F)F)C(F)(F)F)N1CCCC1CCCO. The summed E-state index contributed by atoms with van der Waals surface area (Å²) in [7, 11) is 0. The molecule has 0 aromatic carbocycles. The minimum Gasteiger partial charge on any atom is -0.396 e. The van der Waals surface area contributed by atoms with Crippen LogP contribution in [0.15, 0.2) is 0 Å². The van der Waals surface area contributed by atoms with E-state index in [2.05, 4.69) is 0 Å². The van der Waals surface area contributed by atoms with Gasteiger partial charge in [-0.25, -0.2) is 0 Å². The van der Waals surface area contributed by atoms with Crippen LogP contribution in [0.4, 0.5) is 26.3 Å². The first-order valence-corrected chi connectivity index (χ1v) is 6.13. The van der Waals surface area contributed by atoms with Crippen molar-refractivity contribution in [3.63, 3.8) is 0 Å². The molecule has 9 heteroatoms. The van der Waals surface area contributed by atoms with Crippen molar-refractivity contribution in [1.82, 2.24) is 4.90 Å². The number of aliphatic hydroxyl groups excluding tert-OH is 1. The molecule has 1 atom stereocenters. The number of hydrogen-bond donors (Lipinski definition) is 1. The van der Waals surface area contributed by atoms with Crippen molar-refractivity contribution in [1.29, 1.82) is 0 Å². The predicted octanol–water partition coefficient (Wildman–Crippen LogP) is 2.49. The second-order valence-electron chi connectivity index (χ2n) is 4.71. The van der Waals surface area contributed by atoms with Gasteiger partial charge in [-0.05, 0) is 25.7 Å². The van der Waals surface area contributed by atoms with Gasteiger partial charge < -0.3 is 10.0 Å². The number of hydrogen-bond acceptors (Lipinski definition) is 2. The lowest BCUT2D eigenvalue weighted by Gasteiger charge is -2.30. The molecular weight excluding hydrogens is 292 g/mol. The standard InChI is InChI=1S/C11H15F6NO2/c12-10(13,14)8(11(15,16)17)9(20)18-5-1-3-7(18)4-2-6-19/h7-8,19H,1-6H2. The van der Waals surface area contributed by atoms with E-state index in [1.165, 1.54) is 0 Å². The van der Waals surface area contributed by atoms with E-state index in [4.69, 9.17) is 5.11 Å². The summed E-state index contributed by atoms with van der Waals surface area (Å²) >= 11 is 0. The first kappa shape index (κ1) is 17.1. The fraction of sp³-hybridized carbons (Fsp3) is 0.909. The molecule has 0 radical (unpaired) electrons. The number of likely N-dealkylation sites (tertiary alicyclic amines) is 1. The Kier molecular flexibility index (Phi) is 5.28. The fourth-order valence-electron chi connectivity index (χ4n) is 2.38. The molecule has 0 saturated carbocycles. The summed E-state index contributed by atoms with van der Waals surface area (Å²) < 4.78 is 74.9. The number of halogens is 6. The van der Waals surface area contributed by atoms with Crippen molar-refractivity contribution in [2.45, 2.75) is 44.1 Å². The zero-order valence-electron chi connectivity index (χ0n) is 10.5. The quantitative estimate of drug-likeness (QED) is 0.811. The normalized spacial score (nSPS) is 20.8. The van der Waals surface area contributed by atoms with Crippen molar-refractivity contribution in [2.24, 2.45) is 5.92 Å². The molecule has 3 nitrogen and oxygen atoms in total. The van der Waals surface area contributed by atoms with Gasteiger partial charge in [-0.1, -0.05) is 0 Å². The fourth-order valence-corrected chi connectivity index (χ4v) is 2.38. The number of rotatable bonds is 4. The maximum Gasteiger partial charge on any atom is 0.409 e. The Morgan fingerprint density at radius 2 is 1.75 bits per heavy atom. The Balaban J connectivity index is 2.89. The van der Waals surface area contributed by atoms with Crippen LogP contribution in [0.1, 0.15) is 25.7 Å². The molecule has 1 unspecified atom stereocenters. The molecule has 1 heterocycles. The molecule has 0 aliphatic carbocycles. The summed E-state index contributed by atoms with van der Waals surface area (Å²) in [6.45, 7) is -0.335. The molecule has 1 aliphatic rings. The van der Waals surface area contributed by atoms with E-state index in [0.717, 1.165) is 0 Å². The van der Waals surface area contributed by atoms with E-state index in [1.54, 1.807) is 0 Å². The maximum atomic E-state index is 12.5. The predicted molar refractivity (Wildman–Crippen MR) is 56.7 cm³/mol. The number of aliphatic hydroxyl groups is 1. The molecule has 1 rings (SSSR count). The van der Waals surface area contributed by atoms with E-state index in [0.29, 0.717) is 17.7 Å². The monoisotopic (exact) mass is 307 g/mol. The van der Waals surface area contributed by atoms with Gasteiger partial charge in [0, 0.05) is 19.2 Å². The Morgan fingerprint density at radius 1 is 1.20 bits per heavy atom. The number of nitrogens with zero attached hydrogens (tertiary/aromatic N) is 1. The maximum absolute atomic E-state index is 12.5. The Hall–Kier alpha value is -0.990. The van der Waals surface area contributed by atoms with Crippen LogP contribution in [0.5, 0.6) is 0 Å². The minimum atomic E-state index is -5.65. The highest BCUT2D eigenvalue weighted by Gasteiger charge is 2.62. The lowest BCUT2D eigenvalue weighted by molar-refractivity contribution is -0.277. The van der Waals surface area contributed by atoms with E-state index < -0.39 is 30.2 Å². The summed E-state index contributed by atoms with van der Waals surface area (Å²) in [4.78, 5) is 12.3. The van der Waals surface area contributed by atoms with Gasteiger partial charge in [-0.15, -0.1) is 0 Å². The van der Waals surface area contributed by atoms with Crippen LogP contribution >= 0.6 is 0 Å². The third-order valence-electron chi connectivity index (χ3n) is 3.26. The van der Waals surface area contributed by atoms with Crippen molar-refractivity contribution in [3.8, 4) is 0 Å². The zero-order valence-corrected chi connectivity index (χ0v) is 10.5. The zero-order chi connectivity index (χ0) is 15.6. The van der Waals surface area contributed by atoms with Gasteiger partial charge in [-0.2, -0.15) is 26.3 Å². The van der Waals surface area contributed by atoms with Crippen LogP contribution in [0, 0.1) is 5.92 Å². The third-order valence-corrected chi connectivity index (χ3v) is 3.26. The average Bonchev–Trinajstić information content (AvgIpc) is 2.69. The molecule has 20 heavy (non-hydrogen) atoms. The molecule has 0 bridgehead atoms. The van der Waals surface area contributed by atoms with Crippen LogP contribution < -0.4 is 0 Å². The number of carbonyl (C=O) groups is 1. The van der Waals surface area contributed by atoms with Crippen LogP contribution in [-0.2, 0) is 4.79 Å². The third kappa shape index (κ3) is 4.00. The summed E-state index contributed by atoms with van der Waals surface area (Å²) in [6, 6.07) is -0.665.